The lowest BCUT2D eigenvalue weighted by Gasteiger charge is -2.07. The van der Waals surface area contributed by atoms with E-state index in [2.05, 4.69) is 16.0 Å². The second-order valence-electron chi connectivity index (χ2n) is 3.54. The van der Waals surface area contributed by atoms with Gasteiger partial charge in [-0.15, -0.1) is 6.42 Å². The van der Waals surface area contributed by atoms with E-state index in [1.54, 1.807) is 0 Å². The number of rotatable bonds is 6. The summed E-state index contributed by atoms with van der Waals surface area (Å²) in [7, 11) is -3.72. The molecule has 7 heteroatoms. The van der Waals surface area contributed by atoms with Crippen molar-refractivity contribution in [3.8, 4) is 12.3 Å². The molecule has 0 radical (unpaired) electrons. The van der Waals surface area contributed by atoms with Gasteiger partial charge in [-0.2, -0.15) is 4.72 Å². The fourth-order valence-electron chi connectivity index (χ4n) is 1.30. The van der Waals surface area contributed by atoms with Gasteiger partial charge in [-0.3, -0.25) is 4.79 Å². The summed E-state index contributed by atoms with van der Waals surface area (Å²) >= 11 is 0. The van der Waals surface area contributed by atoms with Crippen molar-refractivity contribution in [3.05, 3.63) is 29.8 Å². The van der Waals surface area contributed by atoms with E-state index >= 15 is 0 Å². The molecule has 0 aliphatic heterocycles. The first-order valence-electron chi connectivity index (χ1n) is 5.43. The minimum atomic E-state index is -3.72. The highest BCUT2D eigenvalue weighted by Crippen LogP contribution is 2.11. The summed E-state index contributed by atoms with van der Waals surface area (Å²) in [6.45, 7) is -0.206. The van der Waals surface area contributed by atoms with Crippen molar-refractivity contribution in [2.45, 2.75) is 4.90 Å². The number of benzene rings is 1. The van der Waals surface area contributed by atoms with E-state index in [1.165, 1.54) is 24.3 Å². The molecule has 0 fully saturated rings. The van der Waals surface area contributed by atoms with Gasteiger partial charge in [0.25, 0.3) is 5.91 Å². The molecule has 1 rings (SSSR count). The summed E-state index contributed by atoms with van der Waals surface area (Å²) in [6.07, 6.45) is 4.98. The molecule has 0 heterocycles. The average Bonchev–Trinajstić information content (AvgIpc) is 2.42. The second-order valence-corrected chi connectivity index (χ2v) is 5.30. The highest BCUT2D eigenvalue weighted by Gasteiger charge is 2.15. The van der Waals surface area contributed by atoms with Crippen molar-refractivity contribution in [1.29, 1.82) is 0 Å². The first kappa shape index (κ1) is 15.2. The zero-order chi connectivity index (χ0) is 14.3. The van der Waals surface area contributed by atoms with E-state index in [1.807, 2.05) is 0 Å². The molecule has 3 N–H and O–H groups in total. The summed E-state index contributed by atoms with van der Waals surface area (Å²) in [5.41, 5.74) is 0.192. The fraction of sp³-hybridized carbons (Fsp3) is 0.250. The maximum Gasteiger partial charge on any atom is 0.251 e. The number of sulfonamides is 1. The maximum absolute atomic E-state index is 11.8. The minimum absolute atomic E-state index is 0.0422. The predicted octanol–water partition coefficient (Wildman–Crippen LogP) is -0.680. The molecule has 102 valence electrons. The van der Waals surface area contributed by atoms with Crippen molar-refractivity contribution in [3.63, 3.8) is 0 Å². The van der Waals surface area contributed by atoms with Gasteiger partial charge >= 0.3 is 0 Å². The quantitative estimate of drug-likeness (QED) is 0.602. The number of carbonyl (C=O) groups excluding carboxylic acids is 1. The van der Waals surface area contributed by atoms with Crippen molar-refractivity contribution in [1.82, 2.24) is 10.0 Å². The number of carbonyl (C=O) groups is 1. The van der Waals surface area contributed by atoms with Gasteiger partial charge in [-0.1, -0.05) is 12.0 Å². The Kier molecular flexibility index (Phi) is 5.51. The number of amides is 1. The van der Waals surface area contributed by atoms with Gasteiger partial charge in [0, 0.05) is 12.1 Å². The molecule has 0 spiro atoms. The Morgan fingerprint density at radius 2 is 2.16 bits per heavy atom. The largest absolute Gasteiger partial charge is 0.395 e. The van der Waals surface area contributed by atoms with Crippen LogP contribution in [0, 0.1) is 12.3 Å². The zero-order valence-corrected chi connectivity index (χ0v) is 10.9. The van der Waals surface area contributed by atoms with Gasteiger partial charge < -0.3 is 10.4 Å². The predicted molar refractivity (Wildman–Crippen MR) is 69.9 cm³/mol. The van der Waals surface area contributed by atoms with Crippen LogP contribution in [0.4, 0.5) is 0 Å². The molecule has 0 aliphatic carbocycles. The van der Waals surface area contributed by atoms with Crippen LogP contribution in [0.5, 0.6) is 0 Å². The number of terminal acetylenes is 1. The van der Waals surface area contributed by atoms with Gasteiger partial charge in [0.15, 0.2) is 0 Å². The Labute approximate surface area is 111 Å². The molecule has 19 heavy (non-hydrogen) atoms. The molecule has 6 nitrogen and oxygen atoms in total. The van der Waals surface area contributed by atoms with Gasteiger partial charge in [-0.25, -0.2) is 8.42 Å². The molecule has 1 aromatic carbocycles. The van der Waals surface area contributed by atoms with E-state index < -0.39 is 15.9 Å². The summed E-state index contributed by atoms with van der Waals surface area (Å²) in [4.78, 5) is 11.6. The Balaban J connectivity index is 2.94. The van der Waals surface area contributed by atoms with E-state index in [0.29, 0.717) is 0 Å². The molecule has 1 amide bonds. The molecule has 0 saturated carbocycles. The van der Waals surface area contributed by atoms with Crippen LogP contribution in [-0.4, -0.2) is 39.1 Å². The van der Waals surface area contributed by atoms with Gasteiger partial charge in [0.05, 0.1) is 18.0 Å². The number of aliphatic hydroxyl groups is 1. The smallest absolute Gasteiger partial charge is 0.251 e. The van der Waals surface area contributed by atoms with Crippen molar-refractivity contribution < 1.29 is 18.3 Å². The minimum Gasteiger partial charge on any atom is -0.395 e. The van der Waals surface area contributed by atoms with Crippen molar-refractivity contribution in [2.24, 2.45) is 0 Å². The zero-order valence-electron chi connectivity index (χ0n) is 10.1. The fourth-order valence-corrected chi connectivity index (χ4v) is 2.28. The summed E-state index contributed by atoms with van der Waals surface area (Å²) in [5, 5.41) is 11.0. The van der Waals surface area contributed by atoms with E-state index in [0.717, 1.165) is 0 Å². The molecule has 1 aromatic rings. The van der Waals surface area contributed by atoms with E-state index in [-0.39, 0.29) is 30.2 Å². The lowest BCUT2D eigenvalue weighted by molar-refractivity contribution is 0.0944. The van der Waals surface area contributed by atoms with Crippen LogP contribution < -0.4 is 10.0 Å². The monoisotopic (exact) mass is 282 g/mol. The molecule has 0 aromatic heterocycles. The molecule has 0 unspecified atom stereocenters. The lowest BCUT2D eigenvalue weighted by Crippen LogP contribution is -2.27. The summed E-state index contributed by atoms with van der Waals surface area (Å²) < 4.78 is 25.8. The summed E-state index contributed by atoms with van der Waals surface area (Å²) in [5.74, 6) is 1.71. The molecule has 0 aliphatic rings. The van der Waals surface area contributed by atoms with Gasteiger partial charge in [0.2, 0.25) is 10.0 Å². The summed E-state index contributed by atoms with van der Waals surface area (Å²) in [6, 6.07) is 5.54. The Hall–Kier alpha value is -1.88. The average molecular weight is 282 g/mol. The van der Waals surface area contributed by atoms with Crippen molar-refractivity contribution in [2.75, 3.05) is 19.7 Å². The van der Waals surface area contributed by atoms with Crippen LogP contribution in [0.25, 0.3) is 0 Å². The van der Waals surface area contributed by atoms with E-state index in [4.69, 9.17) is 11.5 Å². The van der Waals surface area contributed by atoms with Gasteiger partial charge in [0.1, 0.15) is 0 Å². The van der Waals surface area contributed by atoms with Crippen molar-refractivity contribution >= 4 is 15.9 Å². The van der Waals surface area contributed by atoms with Crippen LogP contribution in [-0.2, 0) is 10.0 Å². The third kappa shape index (κ3) is 4.37. The first-order valence-corrected chi connectivity index (χ1v) is 6.92. The highest BCUT2D eigenvalue weighted by atomic mass is 32.2. The number of hydrogen-bond donors (Lipinski definition) is 3. The van der Waals surface area contributed by atoms with Gasteiger partial charge in [-0.05, 0) is 18.2 Å². The maximum atomic E-state index is 11.8. The SMILES string of the molecule is C#CCNS(=O)(=O)c1cccc(C(=O)NCCO)c1. The number of aliphatic hydroxyl groups excluding tert-OH is 1. The normalized spacial score (nSPS) is 10.7. The Morgan fingerprint density at radius 3 is 2.79 bits per heavy atom. The van der Waals surface area contributed by atoms with Crippen LogP contribution in [0.15, 0.2) is 29.2 Å². The van der Waals surface area contributed by atoms with E-state index in [9.17, 15) is 13.2 Å². The number of hydrogen-bond acceptors (Lipinski definition) is 4. The number of nitrogens with one attached hydrogen (secondary N) is 2. The molecule has 0 bridgehead atoms. The highest BCUT2D eigenvalue weighted by molar-refractivity contribution is 7.89. The standard InChI is InChI=1S/C12H14N2O4S/c1-2-6-14-19(17,18)11-5-3-4-10(9-11)12(16)13-7-8-15/h1,3-5,9,14-15H,6-8H2,(H,13,16). The third-order valence-corrected chi connectivity index (χ3v) is 3.57. The van der Waals surface area contributed by atoms with Crippen LogP contribution >= 0.6 is 0 Å². The molecule has 0 atom stereocenters. The molecular weight excluding hydrogens is 268 g/mol. The van der Waals surface area contributed by atoms with Crippen LogP contribution in [0.2, 0.25) is 0 Å². The van der Waals surface area contributed by atoms with Crippen LogP contribution in [0.3, 0.4) is 0 Å². The molecule has 0 saturated heterocycles. The third-order valence-electron chi connectivity index (χ3n) is 2.17. The molecular formula is C12H14N2O4S. The topological polar surface area (TPSA) is 95.5 Å². The second kappa shape index (κ2) is 6.89. The lowest BCUT2D eigenvalue weighted by atomic mass is 10.2. The van der Waals surface area contributed by atoms with Crippen LogP contribution in [0.1, 0.15) is 10.4 Å². The first-order chi connectivity index (χ1) is 9.01. The Morgan fingerprint density at radius 1 is 1.42 bits per heavy atom. The Bertz CT molecular complexity index is 590.